The molecule has 3 fully saturated rings. The molecular weight excluding hydrogens is 481 g/mol. The summed E-state index contributed by atoms with van der Waals surface area (Å²) in [5, 5.41) is 7.35. The van der Waals surface area contributed by atoms with Gasteiger partial charge < -0.3 is 24.5 Å². The summed E-state index contributed by atoms with van der Waals surface area (Å²) in [6.45, 7) is 6.08. The van der Waals surface area contributed by atoms with Gasteiger partial charge in [0.2, 0.25) is 0 Å². The molecule has 3 atom stereocenters. The van der Waals surface area contributed by atoms with E-state index >= 15 is 0 Å². The Bertz CT molecular complexity index is 631. The van der Waals surface area contributed by atoms with Crippen LogP contribution in [-0.4, -0.2) is 51.0 Å². The lowest BCUT2D eigenvalue weighted by atomic mass is 9.54. The number of hydrogen-bond donors (Lipinski definition) is 2. The van der Waals surface area contributed by atoms with Gasteiger partial charge in [-0.3, -0.25) is 4.99 Å². The van der Waals surface area contributed by atoms with Gasteiger partial charge in [-0.2, -0.15) is 0 Å². The van der Waals surface area contributed by atoms with Crippen molar-refractivity contribution in [3.05, 3.63) is 24.2 Å². The molecule has 0 amide bonds. The van der Waals surface area contributed by atoms with Gasteiger partial charge in [-0.25, -0.2) is 0 Å². The highest BCUT2D eigenvalue weighted by Crippen LogP contribution is 2.60. The Morgan fingerprint density at radius 2 is 2.21 bits per heavy atom. The largest absolute Gasteiger partial charge is 0.469 e. The molecule has 1 spiro atoms. The van der Waals surface area contributed by atoms with Crippen molar-refractivity contribution in [1.29, 1.82) is 0 Å². The summed E-state index contributed by atoms with van der Waals surface area (Å²) in [5.74, 6) is 2.58. The zero-order valence-corrected chi connectivity index (χ0v) is 19.9. The Morgan fingerprint density at radius 1 is 1.34 bits per heavy atom. The first-order chi connectivity index (χ1) is 13.8. The molecule has 2 N–H and O–H groups in total. The lowest BCUT2D eigenvalue weighted by molar-refractivity contribution is -0.125. The van der Waals surface area contributed by atoms with Crippen molar-refractivity contribution in [3.8, 4) is 0 Å². The van der Waals surface area contributed by atoms with Gasteiger partial charge in [0.1, 0.15) is 5.76 Å². The molecule has 29 heavy (non-hydrogen) atoms. The lowest BCUT2D eigenvalue weighted by Gasteiger charge is -2.57. The predicted molar refractivity (Wildman–Crippen MR) is 125 cm³/mol. The number of rotatable bonds is 9. The molecule has 2 saturated carbocycles. The van der Waals surface area contributed by atoms with Crippen LogP contribution in [0.4, 0.5) is 0 Å². The molecule has 4 rings (SSSR count). The van der Waals surface area contributed by atoms with E-state index in [0.717, 1.165) is 57.5 Å². The van der Waals surface area contributed by atoms with E-state index in [9.17, 15) is 0 Å². The van der Waals surface area contributed by atoms with Crippen LogP contribution >= 0.6 is 24.0 Å². The summed E-state index contributed by atoms with van der Waals surface area (Å²) < 4.78 is 17.0. The molecule has 2 aliphatic carbocycles. The first-order valence-corrected chi connectivity index (χ1v) is 11.1. The third kappa shape index (κ3) is 5.10. The van der Waals surface area contributed by atoms with Crippen LogP contribution in [0.25, 0.3) is 0 Å². The van der Waals surface area contributed by atoms with Crippen molar-refractivity contribution >= 4 is 29.9 Å². The van der Waals surface area contributed by atoms with Crippen LogP contribution in [0.15, 0.2) is 27.8 Å². The van der Waals surface area contributed by atoms with Crippen molar-refractivity contribution in [2.75, 3.05) is 32.9 Å². The molecule has 3 unspecified atom stereocenters. The Morgan fingerprint density at radius 3 is 2.97 bits per heavy atom. The van der Waals surface area contributed by atoms with E-state index in [2.05, 4.69) is 10.6 Å². The summed E-state index contributed by atoms with van der Waals surface area (Å²) in [7, 11) is 0. The molecule has 1 saturated heterocycles. The highest BCUT2D eigenvalue weighted by atomic mass is 127. The van der Waals surface area contributed by atoms with Crippen LogP contribution in [0, 0.1) is 11.3 Å². The lowest BCUT2D eigenvalue weighted by Crippen LogP contribution is -2.69. The van der Waals surface area contributed by atoms with Crippen LogP contribution in [0.3, 0.4) is 0 Å². The first kappa shape index (κ1) is 22.9. The number of ether oxygens (including phenoxy) is 2. The minimum Gasteiger partial charge on any atom is -0.469 e. The van der Waals surface area contributed by atoms with Crippen LogP contribution in [0.1, 0.15) is 51.2 Å². The van der Waals surface area contributed by atoms with E-state index in [1.807, 2.05) is 19.1 Å². The fraction of sp³-hybridized carbons (Fsp3) is 0.773. The number of hydrogen-bond acceptors (Lipinski definition) is 4. The summed E-state index contributed by atoms with van der Waals surface area (Å²) in [6, 6.07) is 4.45. The minimum atomic E-state index is 0. The van der Waals surface area contributed by atoms with E-state index in [4.69, 9.17) is 18.9 Å². The fourth-order valence-corrected chi connectivity index (χ4v) is 5.46. The standard InChI is InChI=1S/C22H35N3O3.HI/c1-2-26-14-6-12-23-21(24-13-8-17-7-5-15-27-17)25-19-18-9-16-28-20(18)22(19)10-3-4-11-22;/h5,7,15,18-20H,2-4,6,8-14,16H2,1H3,(H2,23,24,25);1H. The highest BCUT2D eigenvalue weighted by molar-refractivity contribution is 14.0. The van der Waals surface area contributed by atoms with Gasteiger partial charge in [0.05, 0.1) is 12.4 Å². The van der Waals surface area contributed by atoms with Crippen LogP contribution < -0.4 is 10.6 Å². The first-order valence-electron chi connectivity index (χ1n) is 11.1. The molecule has 3 aliphatic rings. The molecule has 2 heterocycles. The zero-order valence-electron chi connectivity index (χ0n) is 17.5. The number of halogens is 1. The predicted octanol–water partition coefficient (Wildman–Crippen LogP) is 3.75. The van der Waals surface area contributed by atoms with E-state index in [1.165, 1.54) is 32.1 Å². The van der Waals surface area contributed by atoms with Crippen LogP contribution in [0.5, 0.6) is 0 Å². The minimum absolute atomic E-state index is 0. The van der Waals surface area contributed by atoms with Gasteiger partial charge in [0.15, 0.2) is 5.96 Å². The average molecular weight is 517 g/mol. The van der Waals surface area contributed by atoms with Crippen molar-refractivity contribution in [2.24, 2.45) is 16.3 Å². The molecule has 1 aromatic heterocycles. The molecule has 6 nitrogen and oxygen atoms in total. The Labute approximate surface area is 191 Å². The van der Waals surface area contributed by atoms with Crippen molar-refractivity contribution in [1.82, 2.24) is 10.6 Å². The average Bonchev–Trinajstić information content (AvgIpc) is 3.46. The smallest absolute Gasteiger partial charge is 0.191 e. The molecule has 1 aliphatic heterocycles. The van der Waals surface area contributed by atoms with Gasteiger partial charge >= 0.3 is 0 Å². The number of guanidine groups is 1. The molecule has 7 heteroatoms. The van der Waals surface area contributed by atoms with Gasteiger partial charge in [-0.05, 0) is 44.7 Å². The Hall–Kier alpha value is -0.800. The van der Waals surface area contributed by atoms with E-state index in [-0.39, 0.29) is 24.0 Å². The van der Waals surface area contributed by atoms with E-state index in [0.29, 0.717) is 23.5 Å². The monoisotopic (exact) mass is 517 g/mol. The number of nitrogens with one attached hydrogen (secondary N) is 2. The topological polar surface area (TPSA) is 68.0 Å². The van der Waals surface area contributed by atoms with E-state index in [1.54, 1.807) is 6.26 Å². The molecule has 1 aromatic rings. The van der Waals surface area contributed by atoms with Crippen molar-refractivity contribution in [2.45, 2.75) is 64.0 Å². The Kier molecular flexibility index (Phi) is 8.68. The zero-order chi connectivity index (χ0) is 19.2. The van der Waals surface area contributed by atoms with Gasteiger partial charge in [-0.15, -0.1) is 24.0 Å². The molecule has 0 bridgehead atoms. The number of furan rings is 1. The third-order valence-corrected chi connectivity index (χ3v) is 6.74. The third-order valence-electron chi connectivity index (χ3n) is 6.74. The number of nitrogens with zero attached hydrogens (tertiary/aromatic N) is 1. The quantitative estimate of drug-likeness (QED) is 0.226. The summed E-state index contributed by atoms with van der Waals surface area (Å²) >= 11 is 0. The number of fused-ring (bicyclic) bond motifs is 2. The second-order valence-electron chi connectivity index (χ2n) is 8.34. The number of aliphatic imine (C=N–C) groups is 1. The Balaban J connectivity index is 0.00000240. The van der Waals surface area contributed by atoms with Gasteiger partial charge in [0.25, 0.3) is 0 Å². The molecule has 0 aromatic carbocycles. The fourth-order valence-electron chi connectivity index (χ4n) is 5.46. The van der Waals surface area contributed by atoms with E-state index < -0.39 is 0 Å². The van der Waals surface area contributed by atoms with Crippen molar-refractivity contribution in [3.63, 3.8) is 0 Å². The summed E-state index contributed by atoms with van der Waals surface area (Å²) in [5.41, 5.74) is 0.329. The van der Waals surface area contributed by atoms with Crippen LogP contribution in [-0.2, 0) is 15.9 Å². The SMILES string of the molecule is CCOCCCN=C(NCCc1ccco1)NC1C2CCOC2C12CCCC2.I. The summed E-state index contributed by atoms with van der Waals surface area (Å²) in [4.78, 5) is 4.85. The second kappa shape index (κ2) is 11.0. The maximum Gasteiger partial charge on any atom is 0.191 e. The molecular formula is C22H36IN3O3. The van der Waals surface area contributed by atoms with Crippen molar-refractivity contribution < 1.29 is 13.9 Å². The molecule has 0 radical (unpaired) electrons. The summed E-state index contributed by atoms with van der Waals surface area (Å²) in [6.07, 6.45) is 10.4. The molecule has 164 valence electrons. The maximum absolute atomic E-state index is 6.13. The second-order valence-corrected chi connectivity index (χ2v) is 8.34. The van der Waals surface area contributed by atoms with Gasteiger partial charge in [0, 0.05) is 56.7 Å². The van der Waals surface area contributed by atoms with Gasteiger partial charge in [-0.1, -0.05) is 12.8 Å². The maximum atomic E-state index is 6.13. The normalized spacial score (nSPS) is 27.3. The van der Waals surface area contributed by atoms with Crippen LogP contribution in [0.2, 0.25) is 0 Å². The highest BCUT2D eigenvalue weighted by Gasteiger charge is 2.65.